The minimum Gasteiger partial charge on any atom is -0.340 e. The summed E-state index contributed by atoms with van der Waals surface area (Å²) in [4.78, 5) is 21.9. The first-order valence-corrected chi connectivity index (χ1v) is 10.8. The highest BCUT2D eigenvalue weighted by molar-refractivity contribution is 6.06. The lowest BCUT2D eigenvalue weighted by Gasteiger charge is -2.36. The minimum atomic E-state index is -0.189. The molecule has 5 nitrogen and oxygen atoms in total. The molecule has 1 saturated heterocycles. The average molecular weight is 431 g/mol. The van der Waals surface area contributed by atoms with Gasteiger partial charge in [0.1, 0.15) is 5.82 Å². The second-order valence-corrected chi connectivity index (χ2v) is 7.95. The largest absolute Gasteiger partial charge is 0.340 e. The molecule has 3 aromatic rings. The van der Waals surface area contributed by atoms with Crippen molar-refractivity contribution in [3.8, 4) is 0 Å². The monoisotopic (exact) mass is 430 g/mol. The number of aliphatic imine (C=N–C) groups is 1. The summed E-state index contributed by atoms with van der Waals surface area (Å²) in [5.74, 6) is 0.174. The van der Waals surface area contributed by atoms with E-state index in [-0.39, 0.29) is 11.7 Å². The number of nitrogens with zero attached hydrogens (tertiary/aromatic N) is 3. The average Bonchev–Trinajstić information content (AvgIpc) is 2.81. The van der Waals surface area contributed by atoms with Crippen LogP contribution in [-0.2, 0) is 6.54 Å². The van der Waals surface area contributed by atoms with Gasteiger partial charge in [0, 0.05) is 43.9 Å². The molecule has 1 amide bonds. The van der Waals surface area contributed by atoms with E-state index in [0.717, 1.165) is 24.3 Å². The van der Waals surface area contributed by atoms with Crippen molar-refractivity contribution in [2.24, 2.45) is 4.99 Å². The number of piperazine rings is 1. The molecule has 32 heavy (non-hydrogen) atoms. The van der Waals surface area contributed by atoms with Crippen molar-refractivity contribution in [1.82, 2.24) is 15.1 Å². The maximum atomic E-state index is 14.0. The topological polar surface area (TPSA) is 47.9 Å². The van der Waals surface area contributed by atoms with E-state index in [1.807, 2.05) is 61.5 Å². The molecule has 0 unspecified atom stereocenters. The van der Waals surface area contributed by atoms with Crippen LogP contribution in [0.2, 0.25) is 0 Å². The molecule has 0 radical (unpaired) electrons. The Kier molecular flexibility index (Phi) is 6.92. The van der Waals surface area contributed by atoms with Gasteiger partial charge in [0.2, 0.25) is 5.96 Å². The van der Waals surface area contributed by atoms with Crippen LogP contribution in [0.25, 0.3) is 0 Å². The molecular weight excluding hydrogens is 403 g/mol. The van der Waals surface area contributed by atoms with Crippen LogP contribution in [0.15, 0.2) is 83.9 Å². The highest BCUT2D eigenvalue weighted by atomic mass is 19.1. The number of nitrogens with one attached hydrogen (secondary N) is 1. The lowest BCUT2D eigenvalue weighted by atomic mass is 10.2. The van der Waals surface area contributed by atoms with Gasteiger partial charge in [-0.25, -0.2) is 9.38 Å². The molecule has 0 saturated carbocycles. The molecule has 0 spiro atoms. The smallest absolute Gasteiger partial charge is 0.257 e. The van der Waals surface area contributed by atoms with Crippen LogP contribution >= 0.6 is 0 Å². The Hall–Kier alpha value is -3.51. The van der Waals surface area contributed by atoms with Crippen LogP contribution in [0, 0.1) is 12.7 Å². The van der Waals surface area contributed by atoms with Crippen LogP contribution in [-0.4, -0.2) is 47.8 Å². The maximum absolute atomic E-state index is 14.0. The van der Waals surface area contributed by atoms with Crippen LogP contribution in [0.3, 0.4) is 0 Å². The zero-order chi connectivity index (χ0) is 22.3. The third-order valence-electron chi connectivity index (χ3n) is 5.52. The lowest BCUT2D eigenvalue weighted by molar-refractivity contribution is 0.0967. The fourth-order valence-electron chi connectivity index (χ4n) is 3.75. The van der Waals surface area contributed by atoms with Crippen molar-refractivity contribution in [2.75, 3.05) is 26.2 Å². The van der Waals surface area contributed by atoms with Gasteiger partial charge in [-0.3, -0.25) is 15.0 Å². The summed E-state index contributed by atoms with van der Waals surface area (Å²) in [6.07, 6.45) is 0. The van der Waals surface area contributed by atoms with Crippen molar-refractivity contribution in [1.29, 1.82) is 0 Å². The Bertz CT molecular complexity index is 1090. The molecule has 1 N–H and O–H groups in total. The third kappa shape index (κ3) is 5.59. The Morgan fingerprint density at radius 2 is 1.66 bits per heavy atom. The fraction of sp³-hybridized carbons (Fsp3) is 0.231. The van der Waals surface area contributed by atoms with Gasteiger partial charge in [-0.15, -0.1) is 0 Å². The number of amides is 1. The normalized spacial score (nSPS) is 14.9. The van der Waals surface area contributed by atoms with Gasteiger partial charge in [0.05, 0.1) is 5.69 Å². The standard InChI is InChI=1S/C26H27FN4O/c1-20-8-7-12-23(18-20)28-26(29-25(32)21-9-3-2-4-10-21)31-16-14-30(15-17-31)19-22-11-5-6-13-24(22)27/h2-13,18H,14-17,19H2,1H3,(H,28,29,32). The van der Waals surface area contributed by atoms with E-state index in [1.54, 1.807) is 18.2 Å². The molecule has 1 aliphatic heterocycles. The highest BCUT2D eigenvalue weighted by Crippen LogP contribution is 2.16. The molecule has 164 valence electrons. The summed E-state index contributed by atoms with van der Waals surface area (Å²) in [6.45, 7) is 5.47. The lowest BCUT2D eigenvalue weighted by Crippen LogP contribution is -2.53. The molecule has 0 aromatic heterocycles. The number of carbonyl (C=O) groups is 1. The van der Waals surface area contributed by atoms with E-state index in [0.29, 0.717) is 36.7 Å². The van der Waals surface area contributed by atoms with Gasteiger partial charge in [0.15, 0.2) is 0 Å². The van der Waals surface area contributed by atoms with Crippen LogP contribution in [0.4, 0.5) is 10.1 Å². The van der Waals surface area contributed by atoms with Crippen molar-refractivity contribution < 1.29 is 9.18 Å². The van der Waals surface area contributed by atoms with Crippen LogP contribution in [0.1, 0.15) is 21.5 Å². The number of benzene rings is 3. The second kappa shape index (κ2) is 10.2. The van der Waals surface area contributed by atoms with E-state index in [2.05, 4.69) is 15.1 Å². The zero-order valence-electron chi connectivity index (χ0n) is 18.2. The Morgan fingerprint density at radius 1 is 0.938 bits per heavy atom. The highest BCUT2D eigenvalue weighted by Gasteiger charge is 2.22. The molecular formula is C26H27FN4O. The number of guanidine groups is 1. The molecule has 0 aliphatic carbocycles. The molecule has 1 heterocycles. The van der Waals surface area contributed by atoms with Gasteiger partial charge in [-0.1, -0.05) is 48.5 Å². The van der Waals surface area contributed by atoms with Crippen LogP contribution in [0.5, 0.6) is 0 Å². The van der Waals surface area contributed by atoms with E-state index in [4.69, 9.17) is 4.99 Å². The molecule has 3 aromatic carbocycles. The molecule has 0 atom stereocenters. The van der Waals surface area contributed by atoms with Gasteiger partial charge < -0.3 is 4.90 Å². The summed E-state index contributed by atoms with van der Waals surface area (Å²) in [5.41, 5.74) is 3.19. The third-order valence-corrected chi connectivity index (χ3v) is 5.52. The quantitative estimate of drug-likeness (QED) is 0.494. The molecule has 4 rings (SSSR count). The molecule has 6 heteroatoms. The summed E-state index contributed by atoms with van der Waals surface area (Å²) < 4.78 is 14.0. The Balaban J connectivity index is 1.49. The summed E-state index contributed by atoms with van der Waals surface area (Å²) in [6, 6.07) is 23.9. The predicted molar refractivity (Wildman–Crippen MR) is 125 cm³/mol. The summed E-state index contributed by atoms with van der Waals surface area (Å²) >= 11 is 0. The molecule has 0 bridgehead atoms. The van der Waals surface area contributed by atoms with Gasteiger partial charge >= 0.3 is 0 Å². The fourth-order valence-corrected chi connectivity index (χ4v) is 3.75. The van der Waals surface area contributed by atoms with Gasteiger partial charge in [-0.05, 0) is 42.8 Å². The van der Waals surface area contributed by atoms with Crippen molar-refractivity contribution >= 4 is 17.6 Å². The van der Waals surface area contributed by atoms with Gasteiger partial charge in [0.25, 0.3) is 5.91 Å². The molecule has 1 aliphatic rings. The van der Waals surface area contributed by atoms with Crippen LogP contribution < -0.4 is 5.32 Å². The van der Waals surface area contributed by atoms with Crippen molar-refractivity contribution in [3.63, 3.8) is 0 Å². The number of rotatable bonds is 4. The van der Waals surface area contributed by atoms with E-state index in [9.17, 15) is 9.18 Å². The number of halogens is 1. The minimum absolute atomic E-state index is 0.174. The van der Waals surface area contributed by atoms with E-state index in [1.165, 1.54) is 6.07 Å². The second-order valence-electron chi connectivity index (χ2n) is 7.95. The first-order valence-electron chi connectivity index (χ1n) is 10.8. The Labute approximate surface area is 188 Å². The Morgan fingerprint density at radius 3 is 2.38 bits per heavy atom. The SMILES string of the molecule is Cc1cccc(N=C(NC(=O)c2ccccc2)N2CCN(Cc3ccccc3F)CC2)c1. The van der Waals surface area contributed by atoms with Gasteiger partial charge in [-0.2, -0.15) is 0 Å². The molecule has 1 fully saturated rings. The first kappa shape index (κ1) is 21.7. The van der Waals surface area contributed by atoms with Crippen molar-refractivity contribution in [3.05, 3.63) is 101 Å². The van der Waals surface area contributed by atoms with E-state index >= 15 is 0 Å². The van der Waals surface area contributed by atoms with Crippen molar-refractivity contribution in [2.45, 2.75) is 13.5 Å². The predicted octanol–water partition coefficient (Wildman–Crippen LogP) is 4.37. The van der Waals surface area contributed by atoms with E-state index < -0.39 is 0 Å². The maximum Gasteiger partial charge on any atom is 0.257 e. The zero-order valence-corrected chi connectivity index (χ0v) is 18.2. The number of aryl methyl sites for hydroxylation is 1. The first-order chi connectivity index (χ1) is 15.6. The summed E-state index contributed by atoms with van der Waals surface area (Å²) in [5, 5.41) is 3.00. The number of hydrogen-bond acceptors (Lipinski definition) is 3. The number of hydrogen-bond donors (Lipinski definition) is 1. The number of carbonyl (C=O) groups excluding carboxylic acids is 1. The summed E-state index contributed by atoms with van der Waals surface area (Å²) in [7, 11) is 0.